The van der Waals surface area contributed by atoms with Gasteiger partial charge in [-0.3, -0.25) is 0 Å². The van der Waals surface area contributed by atoms with Gasteiger partial charge in [-0.2, -0.15) is 0 Å². The van der Waals surface area contributed by atoms with E-state index in [4.69, 9.17) is 0 Å². The second-order valence-electron chi connectivity index (χ2n) is 5.79. The number of hydrogen-bond acceptors (Lipinski definition) is 0. The van der Waals surface area contributed by atoms with Crippen molar-refractivity contribution >= 4 is 0 Å². The Hall–Kier alpha value is 0. The molecule has 2 aliphatic carbocycles. The maximum Gasteiger partial charge on any atom is -0.0289 e. The van der Waals surface area contributed by atoms with Crippen molar-refractivity contribution in [3.05, 3.63) is 0 Å². The summed E-state index contributed by atoms with van der Waals surface area (Å²) >= 11 is 0. The normalized spacial score (nSPS) is 58.0. The van der Waals surface area contributed by atoms with Crippen LogP contribution in [0.15, 0.2) is 0 Å². The van der Waals surface area contributed by atoms with E-state index in [0.717, 1.165) is 11.8 Å². The second kappa shape index (κ2) is 2.27. The van der Waals surface area contributed by atoms with Gasteiger partial charge in [0.15, 0.2) is 0 Å². The molecule has 0 aromatic carbocycles. The van der Waals surface area contributed by atoms with Crippen LogP contribution in [0.25, 0.3) is 0 Å². The van der Waals surface area contributed by atoms with E-state index in [0.29, 0.717) is 10.8 Å². The Bertz CT molecular complexity index is 196. The Morgan fingerprint density at radius 3 is 2.08 bits per heavy atom. The molecule has 70 valence electrons. The minimum Gasteiger partial charge on any atom is -0.0651 e. The second-order valence-corrected chi connectivity index (χ2v) is 5.79. The SMILES string of the molecule is CCC1C(C)[C@]2(C)CC[C@@]1(C)C2. The van der Waals surface area contributed by atoms with E-state index in [9.17, 15) is 0 Å². The van der Waals surface area contributed by atoms with E-state index in [2.05, 4.69) is 27.7 Å². The molecule has 2 aliphatic rings. The monoisotopic (exact) mass is 166 g/mol. The van der Waals surface area contributed by atoms with Crippen molar-refractivity contribution in [3.63, 3.8) is 0 Å². The summed E-state index contributed by atoms with van der Waals surface area (Å²) in [6.45, 7) is 9.89. The average Bonchev–Trinajstić information content (AvgIpc) is 2.38. The minimum absolute atomic E-state index is 0.704. The molecule has 0 radical (unpaired) electrons. The minimum atomic E-state index is 0.704. The van der Waals surface area contributed by atoms with E-state index >= 15 is 0 Å². The number of hydrogen-bond donors (Lipinski definition) is 0. The molecule has 0 heterocycles. The lowest BCUT2D eigenvalue weighted by molar-refractivity contribution is 0.118. The van der Waals surface area contributed by atoms with Gasteiger partial charge in [-0.1, -0.05) is 34.1 Å². The van der Waals surface area contributed by atoms with Gasteiger partial charge in [-0.05, 0) is 41.9 Å². The topological polar surface area (TPSA) is 0 Å². The Balaban J connectivity index is 2.30. The van der Waals surface area contributed by atoms with Gasteiger partial charge < -0.3 is 0 Å². The van der Waals surface area contributed by atoms with Crippen LogP contribution in [-0.4, -0.2) is 0 Å². The smallest absolute Gasteiger partial charge is 0.0289 e. The molecular formula is C12H22. The highest BCUT2D eigenvalue weighted by Crippen LogP contribution is 2.67. The van der Waals surface area contributed by atoms with Gasteiger partial charge in [0.25, 0.3) is 0 Å². The molecule has 4 atom stereocenters. The first kappa shape index (κ1) is 8.59. The van der Waals surface area contributed by atoms with E-state index in [-0.39, 0.29) is 0 Å². The predicted molar refractivity (Wildman–Crippen MR) is 53.0 cm³/mol. The summed E-state index contributed by atoms with van der Waals surface area (Å²) in [6.07, 6.45) is 5.88. The van der Waals surface area contributed by atoms with Gasteiger partial charge in [0.05, 0.1) is 0 Å². The van der Waals surface area contributed by atoms with Gasteiger partial charge in [-0.15, -0.1) is 0 Å². The van der Waals surface area contributed by atoms with Crippen LogP contribution in [-0.2, 0) is 0 Å². The maximum atomic E-state index is 2.52. The lowest BCUT2D eigenvalue weighted by atomic mass is 9.67. The summed E-state index contributed by atoms with van der Waals surface area (Å²) in [5.41, 5.74) is 1.42. The van der Waals surface area contributed by atoms with Gasteiger partial charge in [0.2, 0.25) is 0 Å². The van der Waals surface area contributed by atoms with Crippen molar-refractivity contribution in [2.45, 2.75) is 53.4 Å². The first-order chi connectivity index (χ1) is 5.52. The highest BCUT2D eigenvalue weighted by atomic mass is 14.6. The van der Waals surface area contributed by atoms with Crippen molar-refractivity contribution in [2.75, 3.05) is 0 Å². The van der Waals surface area contributed by atoms with E-state index in [1.807, 2.05) is 0 Å². The molecule has 2 saturated carbocycles. The largest absolute Gasteiger partial charge is 0.0651 e. The van der Waals surface area contributed by atoms with Crippen LogP contribution in [0.2, 0.25) is 0 Å². The van der Waals surface area contributed by atoms with Crippen molar-refractivity contribution in [3.8, 4) is 0 Å². The van der Waals surface area contributed by atoms with E-state index in [1.165, 1.54) is 25.7 Å². The molecule has 0 spiro atoms. The first-order valence-corrected chi connectivity index (χ1v) is 5.52. The molecule has 2 bridgehead atoms. The van der Waals surface area contributed by atoms with Crippen LogP contribution >= 0.6 is 0 Å². The fraction of sp³-hybridized carbons (Fsp3) is 1.00. The van der Waals surface area contributed by atoms with Crippen LogP contribution in [0.1, 0.15) is 53.4 Å². The third-order valence-corrected chi connectivity index (χ3v) is 5.11. The number of rotatable bonds is 1. The number of fused-ring (bicyclic) bond motifs is 2. The van der Waals surface area contributed by atoms with Crippen molar-refractivity contribution in [1.82, 2.24) is 0 Å². The fourth-order valence-electron chi connectivity index (χ4n) is 4.31. The molecule has 2 fully saturated rings. The summed E-state index contributed by atoms with van der Waals surface area (Å²) in [5.74, 6) is 1.98. The first-order valence-electron chi connectivity index (χ1n) is 5.52. The van der Waals surface area contributed by atoms with Crippen molar-refractivity contribution in [2.24, 2.45) is 22.7 Å². The fourth-order valence-corrected chi connectivity index (χ4v) is 4.31. The zero-order valence-corrected chi connectivity index (χ0v) is 8.98. The molecule has 2 rings (SSSR count). The average molecular weight is 166 g/mol. The molecular weight excluding hydrogens is 144 g/mol. The molecule has 0 nitrogen and oxygen atoms in total. The standard InChI is InChI=1S/C12H22/c1-5-10-9(2)11(3)6-7-12(10,4)8-11/h9-10H,5-8H2,1-4H3/t9?,10?,11-,12+/m1/s1. The van der Waals surface area contributed by atoms with E-state index < -0.39 is 0 Å². The van der Waals surface area contributed by atoms with Crippen LogP contribution in [0.4, 0.5) is 0 Å². The highest BCUT2D eigenvalue weighted by molar-refractivity contribution is 5.07. The zero-order chi connectivity index (χ0) is 8.98. The summed E-state index contributed by atoms with van der Waals surface area (Å²) in [4.78, 5) is 0. The molecule has 0 saturated heterocycles. The molecule has 0 N–H and O–H groups in total. The van der Waals surface area contributed by atoms with Gasteiger partial charge in [0.1, 0.15) is 0 Å². The Kier molecular flexibility index (Phi) is 1.63. The summed E-state index contributed by atoms with van der Waals surface area (Å²) in [6, 6.07) is 0. The Morgan fingerprint density at radius 2 is 1.75 bits per heavy atom. The molecule has 0 aromatic heterocycles. The van der Waals surface area contributed by atoms with Crippen molar-refractivity contribution in [1.29, 1.82) is 0 Å². The molecule has 0 aliphatic heterocycles. The lowest BCUT2D eigenvalue weighted by Gasteiger charge is -2.37. The molecule has 2 unspecified atom stereocenters. The Morgan fingerprint density at radius 1 is 1.17 bits per heavy atom. The maximum absolute atomic E-state index is 2.52. The molecule has 0 amide bonds. The predicted octanol–water partition coefficient (Wildman–Crippen LogP) is 3.86. The highest BCUT2D eigenvalue weighted by Gasteiger charge is 2.58. The zero-order valence-electron chi connectivity index (χ0n) is 8.98. The van der Waals surface area contributed by atoms with Crippen LogP contribution in [0, 0.1) is 22.7 Å². The summed E-state index contributed by atoms with van der Waals surface area (Å²) in [5, 5.41) is 0. The Labute approximate surface area is 76.7 Å². The van der Waals surface area contributed by atoms with Crippen LogP contribution < -0.4 is 0 Å². The van der Waals surface area contributed by atoms with Crippen LogP contribution in [0.5, 0.6) is 0 Å². The molecule has 0 aromatic rings. The third-order valence-electron chi connectivity index (χ3n) is 5.11. The van der Waals surface area contributed by atoms with Crippen molar-refractivity contribution < 1.29 is 0 Å². The van der Waals surface area contributed by atoms with Gasteiger partial charge in [-0.25, -0.2) is 0 Å². The third kappa shape index (κ3) is 0.843. The van der Waals surface area contributed by atoms with Crippen LogP contribution in [0.3, 0.4) is 0 Å². The quantitative estimate of drug-likeness (QED) is 0.555. The van der Waals surface area contributed by atoms with Gasteiger partial charge in [0, 0.05) is 0 Å². The summed E-state index contributed by atoms with van der Waals surface area (Å²) in [7, 11) is 0. The molecule has 0 heteroatoms. The lowest BCUT2D eigenvalue weighted by Crippen LogP contribution is -2.29. The molecule has 12 heavy (non-hydrogen) atoms. The van der Waals surface area contributed by atoms with E-state index in [1.54, 1.807) is 0 Å². The van der Waals surface area contributed by atoms with Gasteiger partial charge >= 0.3 is 0 Å². The summed E-state index contributed by atoms with van der Waals surface area (Å²) < 4.78 is 0.